The fourth-order valence-electron chi connectivity index (χ4n) is 2.41. The Bertz CT molecular complexity index is 584. The number of ether oxygens (including phenoxy) is 3. The van der Waals surface area contributed by atoms with Crippen molar-refractivity contribution in [1.82, 2.24) is 5.48 Å². The molecule has 0 saturated carbocycles. The molecule has 2 N–H and O–H groups in total. The highest BCUT2D eigenvalue weighted by Gasteiger charge is 2.24. The number of nitrogens with one attached hydrogen (secondary N) is 1. The highest BCUT2D eigenvalue weighted by molar-refractivity contribution is 5.96. The predicted octanol–water partition coefficient (Wildman–Crippen LogP) is 2.29. The number of nitrogens with zero attached hydrogens (tertiary/aromatic N) is 1. The summed E-state index contributed by atoms with van der Waals surface area (Å²) in [4.78, 5) is 4.44. The molecule has 22 heavy (non-hydrogen) atoms. The molecule has 1 heterocycles. The molecule has 6 nitrogen and oxygen atoms in total. The minimum atomic E-state index is -0.303. The summed E-state index contributed by atoms with van der Waals surface area (Å²) in [5.74, 6) is 1.90. The third kappa shape index (κ3) is 3.17. The second-order valence-electron chi connectivity index (χ2n) is 5.02. The number of benzene rings is 1. The molecule has 0 unspecified atom stereocenters. The van der Waals surface area contributed by atoms with Crippen LogP contribution in [-0.4, -0.2) is 38.0 Å². The highest BCUT2D eigenvalue weighted by atomic mass is 16.5. The summed E-state index contributed by atoms with van der Waals surface area (Å²) in [6.45, 7) is 6.15. The summed E-state index contributed by atoms with van der Waals surface area (Å²) in [5, 5.41) is 8.91. The molecule has 0 fully saturated rings. The first-order chi connectivity index (χ1) is 10.6. The fraction of sp³-hybridized carbons (Fsp3) is 0.438. The molecule has 0 aliphatic carbocycles. The molecule has 0 spiro atoms. The molecular weight excluding hydrogens is 284 g/mol. The Morgan fingerprint density at radius 3 is 2.82 bits per heavy atom. The van der Waals surface area contributed by atoms with E-state index in [1.54, 1.807) is 14.2 Å². The SMILES string of the molecule is C=C(NO)[C@H]1COC(c2cc(CCC)c(OC)c(OC)c2)=N1. The smallest absolute Gasteiger partial charge is 0.217 e. The zero-order valence-corrected chi connectivity index (χ0v) is 13.2. The zero-order valence-electron chi connectivity index (χ0n) is 13.2. The van der Waals surface area contributed by atoms with Crippen molar-refractivity contribution in [2.24, 2.45) is 4.99 Å². The Kier molecular flexibility index (Phi) is 5.27. The van der Waals surface area contributed by atoms with E-state index in [-0.39, 0.29) is 6.04 Å². The number of hydroxylamine groups is 1. The molecule has 0 amide bonds. The maximum atomic E-state index is 8.91. The van der Waals surface area contributed by atoms with Crippen LogP contribution in [0.2, 0.25) is 0 Å². The minimum Gasteiger partial charge on any atom is -0.493 e. The molecule has 1 atom stereocenters. The average molecular weight is 306 g/mol. The summed E-state index contributed by atoms with van der Waals surface area (Å²) < 4.78 is 16.5. The van der Waals surface area contributed by atoms with Gasteiger partial charge in [0.25, 0.3) is 0 Å². The van der Waals surface area contributed by atoms with Crippen molar-refractivity contribution in [3.05, 3.63) is 35.5 Å². The van der Waals surface area contributed by atoms with Gasteiger partial charge in [0.1, 0.15) is 12.6 Å². The Labute approximate surface area is 130 Å². The molecule has 0 radical (unpaired) electrons. The average Bonchev–Trinajstić information content (AvgIpc) is 3.03. The van der Waals surface area contributed by atoms with Crippen molar-refractivity contribution >= 4 is 5.90 Å². The summed E-state index contributed by atoms with van der Waals surface area (Å²) >= 11 is 0. The van der Waals surface area contributed by atoms with Crippen LogP contribution in [0.25, 0.3) is 0 Å². The van der Waals surface area contributed by atoms with Gasteiger partial charge in [0.15, 0.2) is 11.5 Å². The van der Waals surface area contributed by atoms with Crippen molar-refractivity contribution in [3.63, 3.8) is 0 Å². The lowest BCUT2D eigenvalue weighted by molar-refractivity contribution is 0.188. The second kappa shape index (κ2) is 7.17. The summed E-state index contributed by atoms with van der Waals surface area (Å²) in [7, 11) is 3.24. The van der Waals surface area contributed by atoms with Gasteiger partial charge < -0.3 is 14.2 Å². The lowest BCUT2D eigenvalue weighted by Crippen LogP contribution is -2.19. The van der Waals surface area contributed by atoms with Crippen LogP contribution in [0, 0.1) is 0 Å². The van der Waals surface area contributed by atoms with E-state index in [2.05, 4.69) is 18.5 Å². The van der Waals surface area contributed by atoms with Crippen LogP contribution in [0.15, 0.2) is 29.4 Å². The maximum absolute atomic E-state index is 8.91. The van der Waals surface area contributed by atoms with Crippen LogP contribution in [0.4, 0.5) is 0 Å². The molecule has 1 aromatic rings. The number of aryl methyl sites for hydroxylation is 1. The van der Waals surface area contributed by atoms with E-state index in [0.29, 0.717) is 24.0 Å². The van der Waals surface area contributed by atoms with Gasteiger partial charge in [-0.1, -0.05) is 19.9 Å². The molecule has 0 aromatic heterocycles. The first-order valence-corrected chi connectivity index (χ1v) is 7.19. The van der Waals surface area contributed by atoms with Crippen LogP contribution < -0.4 is 15.0 Å². The van der Waals surface area contributed by atoms with Gasteiger partial charge in [-0.2, -0.15) is 0 Å². The fourth-order valence-corrected chi connectivity index (χ4v) is 2.41. The van der Waals surface area contributed by atoms with Gasteiger partial charge >= 0.3 is 0 Å². The van der Waals surface area contributed by atoms with E-state index in [9.17, 15) is 0 Å². The Balaban J connectivity index is 2.39. The summed E-state index contributed by atoms with van der Waals surface area (Å²) in [5.41, 5.74) is 4.31. The van der Waals surface area contributed by atoms with E-state index in [1.165, 1.54) is 0 Å². The van der Waals surface area contributed by atoms with Gasteiger partial charge in [0, 0.05) is 5.56 Å². The number of rotatable bonds is 7. The van der Waals surface area contributed by atoms with E-state index < -0.39 is 0 Å². The number of hydrogen-bond acceptors (Lipinski definition) is 6. The largest absolute Gasteiger partial charge is 0.493 e. The summed E-state index contributed by atoms with van der Waals surface area (Å²) in [6.07, 6.45) is 1.86. The molecule has 1 aliphatic rings. The quantitative estimate of drug-likeness (QED) is 0.756. The third-order valence-corrected chi connectivity index (χ3v) is 3.52. The van der Waals surface area contributed by atoms with Crippen LogP contribution in [0.3, 0.4) is 0 Å². The van der Waals surface area contributed by atoms with Gasteiger partial charge in [-0.25, -0.2) is 4.99 Å². The van der Waals surface area contributed by atoms with Gasteiger partial charge in [-0.15, -0.1) is 0 Å². The Morgan fingerprint density at radius 2 is 2.23 bits per heavy atom. The number of aliphatic imine (C=N–C) groups is 1. The Hall–Kier alpha value is -2.21. The molecule has 0 bridgehead atoms. The molecule has 120 valence electrons. The molecule has 1 aromatic carbocycles. The lowest BCUT2D eigenvalue weighted by atomic mass is 10.0. The summed E-state index contributed by atoms with van der Waals surface area (Å²) in [6, 6.07) is 3.54. The van der Waals surface area contributed by atoms with Crippen LogP contribution in [0.1, 0.15) is 24.5 Å². The molecule has 2 rings (SSSR count). The maximum Gasteiger partial charge on any atom is 0.217 e. The normalized spacial score (nSPS) is 16.7. The van der Waals surface area contributed by atoms with Gasteiger partial charge in [-0.3, -0.25) is 10.7 Å². The first-order valence-electron chi connectivity index (χ1n) is 7.19. The molecule has 0 saturated heterocycles. The monoisotopic (exact) mass is 306 g/mol. The van der Waals surface area contributed by atoms with E-state index in [4.69, 9.17) is 19.4 Å². The number of methoxy groups -OCH3 is 2. The Morgan fingerprint density at radius 1 is 1.45 bits per heavy atom. The van der Waals surface area contributed by atoms with E-state index >= 15 is 0 Å². The molecule has 6 heteroatoms. The highest BCUT2D eigenvalue weighted by Crippen LogP contribution is 2.34. The van der Waals surface area contributed by atoms with Crippen molar-refractivity contribution in [2.45, 2.75) is 25.8 Å². The van der Waals surface area contributed by atoms with Gasteiger partial charge in [0.05, 0.1) is 19.9 Å². The first kappa shape index (κ1) is 16.2. The number of hydrogen-bond donors (Lipinski definition) is 2. The topological polar surface area (TPSA) is 72.3 Å². The predicted molar refractivity (Wildman–Crippen MR) is 83.9 cm³/mol. The van der Waals surface area contributed by atoms with Crippen LogP contribution in [0.5, 0.6) is 11.5 Å². The van der Waals surface area contributed by atoms with Crippen molar-refractivity contribution in [1.29, 1.82) is 0 Å². The van der Waals surface area contributed by atoms with Crippen molar-refractivity contribution in [2.75, 3.05) is 20.8 Å². The second-order valence-corrected chi connectivity index (χ2v) is 5.02. The third-order valence-electron chi connectivity index (χ3n) is 3.52. The molecular formula is C16H22N2O4. The standard InChI is InChI=1S/C16H22N2O4/c1-5-6-11-7-12(8-14(20-3)15(11)21-4)16-17-13(9-22-16)10(2)18-19/h7-8,13,18-19H,2,5-6,9H2,1,3-4H3/t13-/m1/s1. The van der Waals surface area contributed by atoms with E-state index in [1.807, 2.05) is 17.6 Å². The van der Waals surface area contributed by atoms with Crippen molar-refractivity contribution < 1.29 is 19.4 Å². The van der Waals surface area contributed by atoms with Gasteiger partial charge in [-0.05, 0) is 24.1 Å². The molecule has 1 aliphatic heterocycles. The van der Waals surface area contributed by atoms with Crippen molar-refractivity contribution in [3.8, 4) is 11.5 Å². The lowest BCUT2D eigenvalue weighted by Gasteiger charge is -2.14. The van der Waals surface area contributed by atoms with E-state index in [0.717, 1.165) is 29.7 Å². The zero-order chi connectivity index (χ0) is 16.1. The van der Waals surface area contributed by atoms with Crippen LogP contribution >= 0.6 is 0 Å². The van der Waals surface area contributed by atoms with Crippen LogP contribution in [-0.2, 0) is 11.2 Å². The van der Waals surface area contributed by atoms with Gasteiger partial charge in [0.2, 0.25) is 5.90 Å². The minimum absolute atomic E-state index is 0.303.